The Morgan fingerprint density at radius 3 is 2.81 bits per heavy atom. The summed E-state index contributed by atoms with van der Waals surface area (Å²) in [7, 11) is 0. The van der Waals surface area contributed by atoms with Crippen LogP contribution in [-0.4, -0.2) is 26.8 Å². The molecule has 0 radical (unpaired) electrons. The van der Waals surface area contributed by atoms with E-state index in [4.69, 9.17) is 4.74 Å². The van der Waals surface area contributed by atoms with Gasteiger partial charge in [0.05, 0.1) is 6.54 Å². The number of rotatable bonds is 6. The highest BCUT2D eigenvalue weighted by molar-refractivity contribution is 5.90. The van der Waals surface area contributed by atoms with E-state index in [1.807, 2.05) is 36.4 Å². The minimum atomic E-state index is 0.0177. The molecule has 27 heavy (non-hydrogen) atoms. The molecule has 0 aliphatic carbocycles. The summed E-state index contributed by atoms with van der Waals surface area (Å²) in [6.07, 6.45) is 5.56. The molecule has 0 saturated carbocycles. The molecule has 1 N–H and O–H groups in total. The molecule has 138 valence electrons. The van der Waals surface area contributed by atoms with E-state index in [9.17, 15) is 4.79 Å². The fourth-order valence-corrected chi connectivity index (χ4v) is 3.31. The van der Waals surface area contributed by atoms with Gasteiger partial charge in [-0.25, -0.2) is 9.67 Å². The van der Waals surface area contributed by atoms with Crippen LogP contribution in [0.5, 0.6) is 5.75 Å². The summed E-state index contributed by atoms with van der Waals surface area (Å²) in [5, 5.41) is 7.05. The van der Waals surface area contributed by atoms with Crippen molar-refractivity contribution in [3.8, 4) is 5.75 Å². The molecule has 0 bridgehead atoms. The van der Waals surface area contributed by atoms with Crippen molar-refractivity contribution in [2.24, 2.45) is 0 Å². The van der Waals surface area contributed by atoms with Crippen LogP contribution in [0.2, 0.25) is 0 Å². The highest BCUT2D eigenvalue weighted by Gasteiger charge is 2.18. The average molecular weight is 362 g/mol. The van der Waals surface area contributed by atoms with E-state index in [-0.39, 0.29) is 12.0 Å². The second-order valence-electron chi connectivity index (χ2n) is 6.91. The number of aryl methyl sites for hydroxylation is 1. The van der Waals surface area contributed by atoms with Crippen LogP contribution in [-0.2, 0) is 24.2 Å². The number of hydrogen-bond donors (Lipinski definition) is 1. The van der Waals surface area contributed by atoms with E-state index >= 15 is 0 Å². The quantitative estimate of drug-likeness (QED) is 0.731. The monoisotopic (exact) mass is 362 g/mol. The highest BCUT2D eigenvalue weighted by atomic mass is 16.5. The number of carbonyl (C=O) groups is 1. The summed E-state index contributed by atoms with van der Waals surface area (Å²) in [5.41, 5.74) is 4.32. The molecule has 0 unspecified atom stereocenters. The standard InChI is InChI=1S/C21H22N4O2/c1-15-10-18-11-16(4-8-20(18)27-15)5-9-21(26)24-19-6-2-17(3-7-19)12-25-14-22-13-23-25/h2-4,6-8,11,13-15H,5,9-10,12H2,1H3,(H,24,26)/t15-/m0/s1. The van der Waals surface area contributed by atoms with Crippen LogP contribution in [0.4, 0.5) is 5.69 Å². The van der Waals surface area contributed by atoms with Crippen LogP contribution in [0.15, 0.2) is 55.1 Å². The van der Waals surface area contributed by atoms with Gasteiger partial charge in [-0.15, -0.1) is 0 Å². The van der Waals surface area contributed by atoms with Crippen LogP contribution in [0.1, 0.15) is 30.0 Å². The van der Waals surface area contributed by atoms with E-state index in [1.54, 1.807) is 11.0 Å². The zero-order valence-corrected chi connectivity index (χ0v) is 15.3. The maximum Gasteiger partial charge on any atom is 0.224 e. The average Bonchev–Trinajstić information content (AvgIpc) is 3.29. The lowest BCUT2D eigenvalue weighted by molar-refractivity contribution is -0.116. The number of ether oxygens (including phenoxy) is 1. The van der Waals surface area contributed by atoms with Crippen LogP contribution in [0.25, 0.3) is 0 Å². The number of hydrogen-bond acceptors (Lipinski definition) is 4. The molecule has 4 rings (SSSR count). The van der Waals surface area contributed by atoms with Gasteiger partial charge in [-0.05, 0) is 48.2 Å². The lowest BCUT2D eigenvalue weighted by Crippen LogP contribution is -2.12. The van der Waals surface area contributed by atoms with Crippen LogP contribution >= 0.6 is 0 Å². The molecule has 1 aliphatic heterocycles. The molecule has 6 nitrogen and oxygen atoms in total. The van der Waals surface area contributed by atoms with E-state index in [0.29, 0.717) is 13.0 Å². The van der Waals surface area contributed by atoms with Crippen molar-refractivity contribution in [2.75, 3.05) is 5.32 Å². The van der Waals surface area contributed by atoms with Gasteiger partial charge in [-0.1, -0.05) is 24.3 Å². The number of nitrogens with one attached hydrogen (secondary N) is 1. The number of anilines is 1. The number of aromatic nitrogens is 3. The van der Waals surface area contributed by atoms with Crippen LogP contribution in [0.3, 0.4) is 0 Å². The predicted molar refractivity (Wildman–Crippen MR) is 103 cm³/mol. The molecule has 0 saturated heterocycles. The molecule has 1 atom stereocenters. The molecule has 1 aromatic heterocycles. The van der Waals surface area contributed by atoms with Crippen molar-refractivity contribution < 1.29 is 9.53 Å². The molecule has 0 spiro atoms. The fourth-order valence-electron chi connectivity index (χ4n) is 3.31. The fraction of sp³-hybridized carbons (Fsp3) is 0.286. The molecule has 6 heteroatoms. The number of carbonyl (C=O) groups excluding carboxylic acids is 1. The van der Waals surface area contributed by atoms with E-state index < -0.39 is 0 Å². The second kappa shape index (κ2) is 7.61. The molecule has 1 amide bonds. The van der Waals surface area contributed by atoms with E-state index in [0.717, 1.165) is 29.8 Å². The minimum Gasteiger partial charge on any atom is -0.490 e. The summed E-state index contributed by atoms with van der Waals surface area (Å²) in [5.74, 6) is 0.992. The zero-order valence-electron chi connectivity index (χ0n) is 15.3. The van der Waals surface area contributed by atoms with Gasteiger partial charge in [0.25, 0.3) is 0 Å². The summed E-state index contributed by atoms with van der Waals surface area (Å²) in [6, 6.07) is 14.0. The molecule has 1 aliphatic rings. The Bertz CT molecular complexity index is 920. The normalized spacial score (nSPS) is 15.2. The number of amides is 1. The SMILES string of the molecule is C[C@H]1Cc2cc(CCC(=O)Nc3ccc(Cn4cncn4)cc3)ccc2O1. The van der Waals surface area contributed by atoms with Gasteiger partial charge in [-0.3, -0.25) is 4.79 Å². The molecular formula is C21H22N4O2. The van der Waals surface area contributed by atoms with Crippen molar-refractivity contribution in [3.05, 3.63) is 71.8 Å². The van der Waals surface area contributed by atoms with Gasteiger partial charge in [0.15, 0.2) is 0 Å². The summed E-state index contributed by atoms with van der Waals surface area (Å²) in [4.78, 5) is 16.2. The Balaban J connectivity index is 1.29. The smallest absolute Gasteiger partial charge is 0.224 e. The minimum absolute atomic E-state index is 0.0177. The Morgan fingerprint density at radius 1 is 1.22 bits per heavy atom. The van der Waals surface area contributed by atoms with Gasteiger partial charge < -0.3 is 10.1 Å². The summed E-state index contributed by atoms with van der Waals surface area (Å²) >= 11 is 0. The van der Waals surface area contributed by atoms with E-state index in [1.165, 1.54) is 17.5 Å². The third kappa shape index (κ3) is 4.34. The summed E-state index contributed by atoms with van der Waals surface area (Å²) < 4.78 is 7.48. The molecular weight excluding hydrogens is 340 g/mol. The first-order valence-electron chi connectivity index (χ1n) is 9.15. The van der Waals surface area contributed by atoms with Crippen molar-refractivity contribution in [2.45, 2.75) is 38.8 Å². The van der Waals surface area contributed by atoms with Crippen LogP contribution < -0.4 is 10.1 Å². The van der Waals surface area contributed by atoms with Gasteiger partial charge in [-0.2, -0.15) is 5.10 Å². The maximum absolute atomic E-state index is 12.3. The largest absolute Gasteiger partial charge is 0.490 e. The summed E-state index contributed by atoms with van der Waals surface area (Å²) in [6.45, 7) is 2.74. The molecule has 2 heterocycles. The molecule has 0 fully saturated rings. The third-order valence-corrected chi connectivity index (χ3v) is 4.65. The second-order valence-corrected chi connectivity index (χ2v) is 6.91. The first-order chi connectivity index (χ1) is 13.2. The van der Waals surface area contributed by atoms with Gasteiger partial charge in [0, 0.05) is 18.5 Å². The van der Waals surface area contributed by atoms with E-state index in [2.05, 4.69) is 28.4 Å². The van der Waals surface area contributed by atoms with Crippen molar-refractivity contribution in [3.63, 3.8) is 0 Å². The lowest BCUT2D eigenvalue weighted by atomic mass is 10.0. The predicted octanol–water partition coefficient (Wildman–Crippen LogP) is 3.22. The Labute approximate surface area is 158 Å². The first-order valence-corrected chi connectivity index (χ1v) is 9.15. The third-order valence-electron chi connectivity index (χ3n) is 4.65. The first kappa shape index (κ1) is 17.3. The number of nitrogens with zero attached hydrogens (tertiary/aromatic N) is 3. The van der Waals surface area contributed by atoms with Crippen molar-refractivity contribution >= 4 is 11.6 Å². The highest BCUT2D eigenvalue weighted by Crippen LogP contribution is 2.29. The topological polar surface area (TPSA) is 69.0 Å². The van der Waals surface area contributed by atoms with Crippen molar-refractivity contribution in [1.82, 2.24) is 14.8 Å². The zero-order chi connectivity index (χ0) is 18.6. The maximum atomic E-state index is 12.3. The number of benzene rings is 2. The van der Waals surface area contributed by atoms with Crippen LogP contribution in [0, 0.1) is 0 Å². The Morgan fingerprint density at radius 2 is 2.04 bits per heavy atom. The van der Waals surface area contributed by atoms with Gasteiger partial charge in [0.2, 0.25) is 5.91 Å². The van der Waals surface area contributed by atoms with Gasteiger partial charge in [0.1, 0.15) is 24.5 Å². The van der Waals surface area contributed by atoms with Crippen molar-refractivity contribution in [1.29, 1.82) is 0 Å². The number of fused-ring (bicyclic) bond motifs is 1. The Hall–Kier alpha value is -3.15. The molecule has 3 aromatic rings. The van der Waals surface area contributed by atoms with Gasteiger partial charge >= 0.3 is 0 Å². The lowest BCUT2D eigenvalue weighted by Gasteiger charge is -2.08. The Kier molecular flexibility index (Phi) is 4.87. The molecule has 2 aromatic carbocycles.